The Morgan fingerprint density at radius 1 is 1.08 bits per heavy atom. The lowest BCUT2D eigenvalue weighted by Crippen LogP contribution is -2.57. The molecule has 0 bridgehead atoms. The van der Waals surface area contributed by atoms with Gasteiger partial charge in [0.15, 0.2) is 0 Å². The SMILES string of the molecule is CC1CN(S(=O)(=O)N2CCN(Cc3cccc(N)c3)CC2)CC(C)O1.Cl. The van der Waals surface area contributed by atoms with E-state index >= 15 is 0 Å². The van der Waals surface area contributed by atoms with Crippen molar-refractivity contribution in [2.75, 3.05) is 45.0 Å². The molecule has 148 valence electrons. The first-order valence-electron chi connectivity index (χ1n) is 8.82. The summed E-state index contributed by atoms with van der Waals surface area (Å²) in [5.74, 6) is 0. The summed E-state index contributed by atoms with van der Waals surface area (Å²) in [5, 5.41) is 0. The summed E-state index contributed by atoms with van der Waals surface area (Å²) in [6.07, 6.45) is -0.133. The van der Waals surface area contributed by atoms with Gasteiger partial charge < -0.3 is 10.5 Å². The maximum absolute atomic E-state index is 12.9. The zero-order chi connectivity index (χ0) is 18.0. The van der Waals surface area contributed by atoms with E-state index in [1.807, 2.05) is 32.0 Å². The maximum atomic E-state index is 12.9. The third-order valence-corrected chi connectivity index (χ3v) is 6.70. The fourth-order valence-corrected chi connectivity index (χ4v) is 5.30. The standard InChI is InChI=1S/C17H28N4O3S.ClH/c1-14-11-21(12-15(2)24-14)25(22,23)20-8-6-19(7-9-20)13-16-4-3-5-17(18)10-16;/h3-5,10,14-15H,6-9,11-13,18H2,1-2H3;1H. The van der Waals surface area contributed by atoms with Crippen LogP contribution in [0.5, 0.6) is 0 Å². The van der Waals surface area contributed by atoms with Crippen LogP contribution in [0.1, 0.15) is 19.4 Å². The monoisotopic (exact) mass is 404 g/mol. The highest BCUT2D eigenvalue weighted by molar-refractivity contribution is 7.86. The average molecular weight is 405 g/mol. The molecule has 2 aliphatic heterocycles. The van der Waals surface area contributed by atoms with Crippen molar-refractivity contribution in [3.8, 4) is 0 Å². The first-order valence-corrected chi connectivity index (χ1v) is 10.2. The highest BCUT2D eigenvalue weighted by Gasteiger charge is 2.36. The van der Waals surface area contributed by atoms with E-state index in [4.69, 9.17) is 10.5 Å². The number of anilines is 1. The van der Waals surface area contributed by atoms with Crippen molar-refractivity contribution >= 4 is 28.3 Å². The van der Waals surface area contributed by atoms with Crippen LogP contribution in [-0.4, -0.2) is 73.4 Å². The zero-order valence-electron chi connectivity index (χ0n) is 15.4. The Balaban J connectivity index is 0.00000243. The van der Waals surface area contributed by atoms with Gasteiger partial charge in [0, 0.05) is 51.5 Å². The van der Waals surface area contributed by atoms with Gasteiger partial charge in [-0.25, -0.2) is 0 Å². The van der Waals surface area contributed by atoms with Gasteiger partial charge in [-0.05, 0) is 31.5 Å². The van der Waals surface area contributed by atoms with E-state index < -0.39 is 10.2 Å². The molecule has 0 spiro atoms. The van der Waals surface area contributed by atoms with Crippen LogP contribution >= 0.6 is 12.4 Å². The van der Waals surface area contributed by atoms with Crippen LogP contribution in [0.15, 0.2) is 24.3 Å². The summed E-state index contributed by atoms with van der Waals surface area (Å²) in [7, 11) is -3.41. The summed E-state index contributed by atoms with van der Waals surface area (Å²) in [4.78, 5) is 2.27. The summed E-state index contributed by atoms with van der Waals surface area (Å²) < 4.78 is 34.6. The van der Waals surface area contributed by atoms with Gasteiger partial charge in [0.05, 0.1) is 12.2 Å². The van der Waals surface area contributed by atoms with Gasteiger partial charge in [0.1, 0.15) is 0 Å². The molecule has 0 aliphatic carbocycles. The Labute approximate surface area is 162 Å². The first kappa shape index (κ1) is 21.4. The van der Waals surface area contributed by atoms with Crippen LogP contribution in [0.25, 0.3) is 0 Å². The number of hydrogen-bond donors (Lipinski definition) is 1. The predicted octanol–water partition coefficient (Wildman–Crippen LogP) is 1.16. The van der Waals surface area contributed by atoms with Crippen molar-refractivity contribution < 1.29 is 13.2 Å². The second-order valence-electron chi connectivity index (χ2n) is 7.00. The topological polar surface area (TPSA) is 79.1 Å². The lowest BCUT2D eigenvalue weighted by atomic mass is 10.2. The van der Waals surface area contributed by atoms with Crippen LogP contribution < -0.4 is 5.73 Å². The highest BCUT2D eigenvalue weighted by atomic mass is 35.5. The number of piperazine rings is 1. The van der Waals surface area contributed by atoms with E-state index in [0.717, 1.165) is 30.9 Å². The summed E-state index contributed by atoms with van der Waals surface area (Å²) in [6.45, 7) is 7.97. The Kier molecular flexibility index (Phi) is 7.29. The molecular formula is C17H29ClN4O3S. The minimum Gasteiger partial charge on any atom is -0.399 e. The van der Waals surface area contributed by atoms with Gasteiger partial charge in [0.2, 0.25) is 0 Å². The molecule has 0 radical (unpaired) electrons. The second kappa shape index (κ2) is 8.86. The largest absolute Gasteiger partial charge is 0.399 e. The summed E-state index contributed by atoms with van der Waals surface area (Å²) in [5.41, 5.74) is 7.74. The second-order valence-corrected chi connectivity index (χ2v) is 8.93. The molecule has 3 rings (SSSR count). The van der Waals surface area contributed by atoms with Crippen molar-refractivity contribution in [2.45, 2.75) is 32.6 Å². The average Bonchev–Trinajstić information content (AvgIpc) is 2.54. The number of halogens is 1. The maximum Gasteiger partial charge on any atom is 0.282 e. The van der Waals surface area contributed by atoms with E-state index in [1.165, 1.54) is 0 Å². The third kappa shape index (κ3) is 5.09. The lowest BCUT2D eigenvalue weighted by Gasteiger charge is -2.40. The molecule has 1 aromatic carbocycles. The fourth-order valence-electron chi connectivity index (χ4n) is 3.55. The molecule has 2 saturated heterocycles. The van der Waals surface area contributed by atoms with Gasteiger partial charge in [0.25, 0.3) is 10.2 Å². The van der Waals surface area contributed by atoms with Gasteiger partial charge in [-0.15, -0.1) is 12.4 Å². The van der Waals surface area contributed by atoms with Gasteiger partial charge in [-0.2, -0.15) is 17.0 Å². The summed E-state index contributed by atoms with van der Waals surface area (Å²) in [6, 6.07) is 7.85. The first-order chi connectivity index (χ1) is 11.8. The quantitative estimate of drug-likeness (QED) is 0.762. The molecule has 2 aliphatic rings. The van der Waals surface area contributed by atoms with Crippen LogP contribution in [0.3, 0.4) is 0 Å². The molecule has 2 unspecified atom stereocenters. The van der Waals surface area contributed by atoms with E-state index in [0.29, 0.717) is 26.2 Å². The van der Waals surface area contributed by atoms with Gasteiger partial charge in [-0.3, -0.25) is 4.90 Å². The number of nitrogens with zero attached hydrogens (tertiary/aromatic N) is 3. The van der Waals surface area contributed by atoms with E-state index in [1.54, 1.807) is 8.61 Å². The van der Waals surface area contributed by atoms with Crippen LogP contribution in [-0.2, 0) is 21.5 Å². The molecule has 0 aromatic heterocycles. The van der Waals surface area contributed by atoms with Crippen molar-refractivity contribution in [3.63, 3.8) is 0 Å². The smallest absolute Gasteiger partial charge is 0.282 e. The molecule has 2 heterocycles. The Morgan fingerprint density at radius 3 is 2.27 bits per heavy atom. The van der Waals surface area contributed by atoms with E-state index in [9.17, 15) is 8.42 Å². The Hall–Kier alpha value is -0.900. The minimum absolute atomic E-state index is 0. The fraction of sp³-hybridized carbons (Fsp3) is 0.647. The molecule has 9 heteroatoms. The molecule has 2 atom stereocenters. The number of ether oxygens (including phenoxy) is 1. The van der Waals surface area contributed by atoms with Gasteiger partial charge >= 0.3 is 0 Å². The molecule has 0 saturated carbocycles. The molecule has 26 heavy (non-hydrogen) atoms. The number of hydrogen-bond acceptors (Lipinski definition) is 5. The summed E-state index contributed by atoms with van der Waals surface area (Å²) >= 11 is 0. The Morgan fingerprint density at radius 2 is 1.69 bits per heavy atom. The Bertz CT molecular complexity index is 685. The number of nitrogens with two attached hydrogens (primary N) is 1. The lowest BCUT2D eigenvalue weighted by molar-refractivity contribution is -0.0457. The van der Waals surface area contributed by atoms with E-state index in [2.05, 4.69) is 11.0 Å². The normalized spacial score (nSPS) is 26.4. The van der Waals surface area contributed by atoms with Gasteiger partial charge in [-0.1, -0.05) is 12.1 Å². The molecule has 0 amide bonds. The van der Waals surface area contributed by atoms with Crippen LogP contribution in [0.4, 0.5) is 5.69 Å². The van der Waals surface area contributed by atoms with Crippen LogP contribution in [0, 0.1) is 0 Å². The van der Waals surface area contributed by atoms with Crippen molar-refractivity contribution in [2.24, 2.45) is 0 Å². The molecular weight excluding hydrogens is 376 g/mol. The highest BCUT2D eigenvalue weighted by Crippen LogP contribution is 2.19. The van der Waals surface area contributed by atoms with Crippen LogP contribution in [0.2, 0.25) is 0 Å². The van der Waals surface area contributed by atoms with Crippen molar-refractivity contribution in [1.29, 1.82) is 0 Å². The predicted molar refractivity (Wildman–Crippen MR) is 105 cm³/mol. The number of morpholine rings is 1. The number of rotatable bonds is 4. The molecule has 2 N–H and O–H groups in total. The zero-order valence-corrected chi connectivity index (χ0v) is 17.0. The third-order valence-electron chi connectivity index (χ3n) is 4.73. The molecule has 7 nitrogen and oxygen atoms in total. The van der Waals surface area contributed by atoms with Crippen molar-refractivity contribution in [3.05, 3.63) is 29.8 Å². The van der Waals surface area contributed by atoms with E-state index in [-0.39, 0.29) is 24.6 Å². The molecule has 1 aromatic rings. The minimum atomic E-state index is -3.41. The number of nitrogen functional groups attached to an aromatic ring is 1. The number of benzene rings is 1. The molecule has 2 fully saturated rings. The van der Waals surface area contributed by atoms with Crippen molar-refractivity contribution in [1.82, 2.24) is 13.5 Å².